The average molecular weight is 452 g/mol. The first-order valence-corrected chi connectivity index (χ1v) is 10.5. The van der Waals surface area contributed by atoms with E-state index < -0.39 is 23.2 Å². The number of amides is 1. The molecule has 2 aliphatic carbocycles. The lowest BCUT2D eigenvalue weighted by molar-refractivity contribution is -0.140. The molecule has 2 aromatic carbocycles. The van der Waals surface area contributed by atoms with E-state index in [0.29, 0.717) is 41.7 Å². The second kappa shape index (κ2) is 8.08. The molecule has 158 valence electrons. The van der Waals surface area contributed by atoms with Gasteiger partial charge in [0, 0.05) is 12.5 Å². The average Bonchev–Trinajstić information content (AvgIpc) is 3.59. The fraction of sp³-hybridized carbons (Fsp3) is 0.364. The lowest BCUT2D eigenvalue weighted by Crippen LogP contribution is -2.43. The van der Waals surface area contributed by atoms with Crippen LogP contribution in [0.4, 0.5) is 4.39 Å². The van der Waals surface area contributed by atoms with Gasteiger partial charge < -0.3 is 15.2 Å². The smallest absolute Gasteiger partial charge is 0.329 e. The number of ether oxygens (including phenoxy) is 1. The van der Waals surface area contributed by atoms with Gasteiger partial charge in [0.25, 0.3) is 5.91 Å². The fourth-order valence-corrected chi connectivity index (χ4v) is 3.73. The third-order valence-electron chi connectivity index (χ3n) is 5.53. The number of rotatable bonds is 8. The molecule has 0 heterocycles. The Bertz CT molecular complexity index is 1020. The summed E-state index contributed by atoms with van der Waals surface area (Å²) in [6, 6.07) is 7.90. The first-order chi connectivity index (χ1) is 14.3. The number of aliphatic carboxylic acids is 1. The molecule has 0 bridgehead atoms. The van der Waals surface area contributed by atoms with E-state index in [9.17, 15) is 19.1 Å². The minimum Gasteiger partial charge on any atom is -0.493 e. The highest BCUT2D eigenvalue weighted by atomic mass is 35.5. The van der Waals surface area contributed by atoms with Crippen molar-refractivity contribution in [2.45, 2.75) is 43.6 Å². The maximum atomic E-state index is 14.7. The molecule has 30 heavy (non-hydrogen) atoms. The summed E-state index contributed by atoms with van der Waals surface area (Å²) in [5.41, 5.74) is 0.333. The van der Waals surface area contributed by atoms with E-state index in [1.165, 1.54) is 6.07 Å². The molecule has 2 aliphatic rings. The minimum absolute atomic E-state index is 0.112. The van der Waals surface area contributed by atoms with Crippen LogP contribution in [0.5, 0.6) is 5.75 Å². The summed E-state index contributed by atoms with van der Waals surface area (Å²) in [7, 11) is 0. The van der Waals surface area contributed by atoms with E-state index in [4.69, 9.17) is 27.9 Å². The molecule has 2 N–H and O–H groups in total. The predicted molar refractivity (Wildman–Crippen MR) is 111 cm³/mol. The highest BCUT2D eigenvalue weighted by Crippen LogP contribution is 2.43. The number of hydrogen-bond acceptors (Lipinski definition) is 3. The molecule has 2 aromatic rings. The summed E-state index contributed by atoms with van der Waals surface area (Å²) in [4.78, 5) is 23.8. The molecule has 2 fully saturated rings. The fourth-order valence-electron chi connectivity index (χ4n) is 3.44. The Labute approximate surface area is 183 Å². The van der Waals surface area contributed by atoms with Crippen molar-refractivity contribution in [3.05, 3.63) is 62.9 Å². The molecule has 1 amide bonds. The maximum absolute atomic E-state index is 14.7. The summed E-state index contributed by atoms with van der Waals surface area (Å²) in [5.74, 6) is -1.59. The van der Waals surface area contributed by atoms with Crippen molar-refractivity contribution in [1.29, 1.82) is 0 Å². The molecule has 0 saturated heterocycles. The van der Waals surface area contributed by atoms with Crippen LogP contribution in [0.15, 0.2) is 30.3 Å². The normalized spacial score (nSPS) is 16.8. The van der Waals surface area contributed by atoms with Crippen molar-refractivity contribution in [3.8, 4) is 5.75 Å². The summed E-state index contributed by atoms with van der Waals surface area (Å²) in [5, 5.41) is 12.6. The van der Waals surface area contributed by atoms with E-state index >= 15 is 0 Å². The predicted octanol–water partition coefficient (Wildman–Crippen LogP) is 4.98. The van der Waals surface area contributed by atoms with Crippen molar-refractivity contribution >= 4 is 35.1 Å². The van der Waals surface area contributed by atoms with E-state index in [0.717, 1.165) is 24.0 Å². The number of hydrogen-bond donors (Lipinski definition) is 2. The summed E-state index contributed by atoms with van der Waals surface area (Å²) >= 11 is 11.9. The van der Waals surface area contributed by atoms with Crippen LogP contribution < -0.4 is 10.1 Å². The molecule has 0 radical (unpaired) electrons. The number of carbonyl (C=O) groups is 2. The second-order valence-electron chi connectivity index (χ2n) is 7.82. The Morgan fingerprint density at radius 3 is 2.50 bits per heavy atom. The molecule has 0 aromatic heterocycles. The summed E-state index contributed by atoms with van der Waals surface area (Å²) in [6.45, 7) is 0.310. The van der Waals surface area contributed by atoms with Crippen LogP contribution in [-0.4, -0.2) is 29.1 Å². The molecule has 2 saturated carbocycles. The third kappa shape index (κ3) is 4.40. The van der Waals surface area contributed by atoms with Crippen LogP contribution >= 0.6 is 23.2 Å². The van der Waals surface area contributed by atoms with Gasteiger partial charge in [-0.05, 0) is 67.0 Å². The Balaban J connectivity index is 1.48. The summed E-state index contributed by atoms with van der Waals surface area (Å²) in [6.07, 6.45) is 3.13. The Morgan fingerprint density at radius 2 is 1.90 bits per heavy atom. The van der Waals surface area contributed by atoms with E-state index in [2.05, 4.69) is 5.32 Å². The second-order valence-corrected chi connectivity index (χ2v) is 8.64. The molecular weight excluding hydrogens is 432 g/mol. The first kappa shape index (κ1) is 20.9. The van der Waals surface area contributed by atoms with Crippen LogP contribution in [0.1, 0.15) is 53.1 Å². The van der Waals surface area contributed by atoms with Crippen molar-refractivity contribution in [2.75, 3.05) is 6.61 Å². The van der Waals surface area contributed by atoms with Gasteiger partial charge >= 0.3 is 5.97 Å². The Morgan fingerprint density at radius 1 is 1.17 bits per heavy atom. The van der Waals surface area contributed by atoms with Crippen molar-refractivity contribution < 1.29 is 23.8 Å². The van der Waals surface area contributed by atoms with Gasteiger partial charge in [-0.1, -0.05) is 23.2 Å². The monoisotopic (exact) mass is 451 g/mol. The van der Waals surface area contributed by atoms with Crippen LogP contribution in [0.2, 0.25) is 10.0 Å². The van der Waals surface area contributed by atoms with E-state index in [-0.39, 0.29) is 11.5 Å². The van der Waals surface area contributed by atoms with Gasteiger partial charge in [-0.25, -0.2) is 9.18 Å². The van der Waals surface area contributed by atoms with Crippen LogP contribution in [0.25, 0.3) is 0 Å². The zero-order valence-corrected chi connectivity index (χ0v) is 17.5. The maximum Gasteiger partial charge on any atom is 0.329 e. The van der Waals surface area contributed by atoms with Gasteiger partial charge in [-0.15, -0.1) is 0 Å². The van der Waals surface area contributed by atoms with Gasteiger partial charge in [0.05, 0.1) is 22.2 Å². The Kier molecular flexibility index (Phi) is 5.64. The number of benzene rings is 2. The van der Waals surface area contributed by atoms with Crippen molar-refractivity contribution in [1.82, 2.24) is 5.32 Å². The van der Waals surface area contributed by atoms with E-state index in [1.807, 2.05) is 0 Å². The van der Waals surface area contributed by atoms with Gasteiger partial charge in [-0.2, -0.15) is 0 Å². The lowest BCUT2D eigenvalue weighted by atomic mass is 9.97. The number of halogens is 3. The topological polar surface area (TPSA) is 75.6 Å². The van der Waals surface area contributed by atoms with Gasteiger partial charge in [-0.3, -0.25) is 4.79 Å². The van der Waals surface area contributed by atoms with Crippen LogP contribution in [-0.2, 0) is 11.2 Å². The first-order valence-electron chi connectivity index (χ1n) is 9.75. The highest BCUT2D eigenvalue weighted by molar-refractivity contribution is 6.42. The number of carboxylic acid groups (broad SMARTS) is 1. The number of nitrogens with one attached hydrogen (secondary N) is 1. The SMILES string of the molecule is O=C(NC1(C(=O)O)CC1)c1cc(C2CC2)c(CCOc2ccc(Cl)c(Cl)c2)cc1F. The molecule has 0 unspecified atom stereocenters. The molecule has 0 aliphatic heterocycles. The van der Waals surface area contributed by atoms with Crippen molar-refractivity contribution in [2.24, 2.45) is 0 Å². The molecule has 4 rings (SSSR count). The molecule has 0 atom stereocenters. The third-order valence-corrected chi connectivity index (χ3v) is 6.27. The highest BCUT2D eigenvalue weighted by Gasteiger charge is 2.52. The standard InChI is InChI=1S/C22H20Cl2FNO4/c23-17-4-3-14(10-18(17)24)30-8-5-13-9-19(25)16(11-15(13)12-1-2-12)20(27)26-22(6-7-22)21(28)29/h3-4,9-12H,1-2,5-8H2,(H,26,27)(H,28,29). The molecular formula is C22H20Cl2FNO4. The van der Waals surface area contributed by atoms with Gasteiger partial charge in [0.15, 0.2) is 0 Å². The zero-order valence-electron chi connectivity index (χ0n) is 16.0. The number of carboxylic acids is 1. The molecule has 5 nitrogen and oxygen atoms in total. The number of carbonyl (C=O) groups excluding carboxylic acids is 1. The summed E-state index contributed by atoms with van der Waals surface area (Å²) < 4.78 is 20.4. The van der Waals surface area contributed by atoms with Gasteiger partial charge in [0.1, 0.15) is 17.1 Å². The molecule has 8 heteroatoms. The quantitative estimate of drug-likeness (QED) is 0.593. The largest absolute Gasteiger partial charge is 0.493 e. The minimum atomic E-state index is -1.25. The van der Waals surface area contributed by atoms with Gasteiger partial charge in [0.2, 0.25) is 0 Å². The Hall–Kier alpha value is -2.31. The molecule has 0 spiro atoms. The zero-order chi connectivity index (χ0) is 21.5. The lowest BCUT2D eigenvalue weighted by Gasteiger charge is -2.16. The van der Waals surface area contributed by atoms with Crippen LogP contribution in [0, 0.1) is 5.82 Å². The van der Waals surface area contributed by atoms with E-state index in [1.54, 1.807) is 24.3 Å². The van der Waals surface area contributed by atoms with Crippen molar-refractivity contribution in [3.63, 3.8) is 0 Å². The van der Waals surface area contributed by atoms with Crippen LogP contribution in [0.3, 0.4) is 0 Å².